The molecule has 0 radical (unpaired) electrons. The average Bonchev–Trinajstić information content (AvgIpc) is 3.86. The van der Waals surface area contributed by atoms with Crippen LogP contribution in [-0.2, 0) is 20.6 Å². The van der Waals surface area contributed by atoms with Crippen LogP contribution in [0.4, 0.5) is 23.3 Å². The molecule has 0 bridgehead atoms. The number of fused-ring (bicyclic) bond motifs is 2. The van der Waals surface area contributed by atoms with Crippen LogP contribution in [-0.4, -0.2) is 108 Å². The SMILES string of the molecule is Nc1c(SC2CCC2)sc2nc(-c3cnc(NCCOCCO)nc3)cc(-c3ccc(-c4ccc(-c5cc(-c6cnc(NCCOCCO)nc6)nc6sc([S@@+]([O-])C7CCC7)c(N)c56)cc4)cc3)c12. The van der Waals surface area contributed by atoms with E-state index in [9.17, 15) is 4.55 Å². The molecule has 0 spiro atoms. The zero-order chi connectivity index (χ0) is 47.3. The Bertz CT molecular complexity index is 3020. The lowest BCUT2D eigenvalue weighted by Crippen LogP contribution is -2.28. The minimum absolute atomic E-state index is 0.0165. The number of nitrogens with one attached hydrogen (secondary N) is 2. The largest absolute Gasteiger partial charge is 0.611 e. The van der Waals surface area contributed by atoms with E-state index in [0.717, 1.165) is 99.8 Å². The second-order valence-electron chi connectivity index (χ2n) is 16.9. The predicted octanol–water partition coefficient (Wildman–Crippen LogP) is 9.13. The van der Waals surface area contributed by atoms with Crippen molar-refractivity contribution in [3.05, 3.63) is 85.5 Å². The van der Waals surface area contributed by atoms with Crippen molar-refractivity contribution in [1.29, 1.82) is 0 Å². The standard InChI is InChI=1S/C50H52N10O5S4/c51-43-41-37(23-39(59-45(41)67-47(43)66-35-3-1-4-35)33-25-55-49(56-26-33)53-15-19-64-21-17-61)31-11-7-29(8-12-31)30-9-13-32(14-10-30)38-24-40(34-27-57-50(58-28-34)54-16-20-65-22-18-62)60-46-42(38)44(52)48(68-46)69(63)36-5-2-6-36/h7-14,23-28,35-36,61-62H,1-6,15-22,51-52H2,(H,53,55,56)(H,54,57,58)/t69-/m0/s1. The first kappa shape index (κ1) is 47.2. The van der Waals surface area contributed by atoms with Gasteiger partial charge in [-0.05, 0) is 77.6 Å². The van der Waals surface area contributed by atoms with Gasteiger partial charge in [0, 0.05) is 76.2 Å². The highest BCUT2D eigenvalue weighted by Crippen LogP contribution is 2.50. The Hall–Kier alpha value is -5.48. The Morgan fingerprint density at radius 2 is 1.09 bits per heavy atom. The number of aromatic nitrogens is 6. The van der Waals surface area contributed by atoms with Crippen molar-refractivity contribution in [2.24, 2.45) is 0 Å². The first-order chi connectivity index (χ1) is 33.8. The van der Waals surface area contributed by atoms with Crippen molar-refractivity contribution in [1.82, 2.24) is 29.9 Å². The summed E-state index contributed by atoms with van der Waals surface area (Å²) in [6.07, 6.45) is 13.6. The van der Waals surface area contributed by atoms with Gasteiger partial charge in [-0.2, -0.15) is 0 Å². The molecule has 69 heavy (non-hydrogen) atoms. The number of thiophene rings is 2. The number of nitrogens with two attached hydrogens (primary N) is 2. The molecule has 1 atom stereocenters. The van der Waals surface area contributed by atoms with Crippen LogP contribution in [0.2, 0.25) is 0 Å². The highest BCUT2D eigenvalue weighted by Gasteiger charge is 2.35. The van der Waals surface area contributed by atoms with Crippen LogP contribution in [0.15, 0.2) is 93.9 Å². The summed E-state index contributed by atoms with van der Waals surface area (Å²) in [7, 11) is 0. The molecule has 6 aromatic heterocycles. The lowest BCUT2D eigenvalue weighted by atomic mass is 9.95. The van der Waals surface area contributed by atoms with E-state index in [1.807, 2.05) is 17.8 Å². The number of hydrogen-bond acceptors (Lipinski definition) is 18. The quantitative estimate of drug-likeness (QED) is 0.0291. The molecule has 8 aromatic rings. The number of hydrogen-bond donors (Lipinski definition) is 6. The van der Waals surface area contributed by atoms with Crippen molar-refractivity contribution in [2.45, 2.75) is 57.4 Å². The van der Waals surface area contributed by atoms with Crippen LogP contribution in [0, 0.1) is 0 Å². The molecule has 0 aliphatic heterocycles. The highest BCUT2D eigenvalue weighted by molar-refractivity contribution is 8.02. The van der Waals surface area contributed by atoms with Gasteiger partial charge >= 0.3 is 0 Å². The number of nitrogens with zero attached hydrogens (tertiary/aromatic N) is 6. The van der Waals surface area contributed by atoms with Crippen molar-refractivity contribution in [3.63, 3.8) is 0 Å². The van der Waals surface area contributed by atoms with E-state index in [1.54, 1.807) is 36.1 Å². The van der Waals surface area contributed by atoms with Gasteiger partial charge in [-0.1, -0.05) is 66.3 Å². The van der Waals surface area contributed by atoms with Crippen LogP contribution in [0.1, 0.15) is 38.5 Å². The predicted molar refractivity (Wildman–Crippen MR) is 280 cm³/mol. The molecule has 2 aliphatic carbocycles. The normalized spacial score (nSPS) is 14.5. The molecule has 0 unspecified atom stereocenters. The lowest BCUT2D eigenvalue weighted by molar-refractivity contribution is 0.0991. The topological polar surface area (TPSA) is 235 Å². The minimum Gasteiger partial charge on any atom is -0.611 e. The lowest BCUT2D eigenvalue weighted by Gasteiger charge is -2.27. The molecule has 2 aliphatic rings. The summed E-state index contributed by atoms with van der Waals surface area (Å²) in [6.45, 7) is 2.39. The molecule has 2 aromatic carbocycles. The van der Waals surface area contributed by atoms with Crippen molar-refractivity contribution < 1.29 is 24.2 Å². The summed E-state index contributed by atoms with van der Waals surface area (Å²) in [4.78, 5) is 29.9. The van der Waals surface area contributed by atoms with Crippen LogP contribution < -0.4 is 22.1 Å². The van der Waals surface area contributed by atoms with Gasteiger partial charge in [-0.3, -0.25) is 0 Å². The Labute approximate surface area is 414 Å². The number of aliphatic hydroxyl groups excluding tert-OH is 2. The smallest absolute Gasteiger partial charge is 0.232 e. The van der Waals surface area contributed by atoms with E-state index < -0.39 is 11.2 Å². The van der Waals surface area contributed by atoms with Gasteiger partial charge in [0.15, 0.2) is 0 Å². The maximum atomic E-state index is 13.7. The van der Waals surface area contributed by atoms with E-state index in [-0.39, 0.29) is 31.7 Å². The Kier molecular flexibility index (Phi) is 14.8. The fraction of sp³-hybridized carbons (Fsp3) is 0.320. The van der Waals surface area contributed by atoms with E-state index in [1.165, 1.54) is 30.6 Å². The number of thioether (sulfide) groups is 1. The van der Waals surface area contributed by atoms with Gasteiger partial charge in [0.05, 0.1) is 60.9 Å². The van der Waals surface area contributed by atoms with Gasteiger partial charge in [0.1, 0.15) is 20.6 Å². The molecule has 2 fully saturated rings. The Morgan fingerprint density at radius 1 is 0.623 bits per heavy atom. The first-order valence-corrected chi connectivity index (χ1v) is 26.8. The zero-order valence-electron chi connectivity index (χ0n) is 37.7. The number of ether oxygens (including phenoxy) is 2. The molecular formula is C50H52N10O5S4. The molecule has 356 valence electrons. The van der Waals surface area contributed by atoms with Crippen molar-refractivity contribution >= 4 is 89.3 Å². The van der Waals surface area contributed by atoms with Crippen LogP contribution in [0.3, 0.4) is 0 Å². The summed E-state index contributed by atoms with van der Waals surface area (Å²) < 4.78 is 26.2. The molecule has 8 N–H and O–H groups in total. The minimum atomic E-state index is -1.21. The third kappa shape index (κ3) is 10.4. The summed E-state index contributed by atoms with van der Waals surface area (Å²) in [5, 5.41) is 26.7. The van der Waals surface area contributed by atoms with Crippen LogP contribution >= 0.6 is 34.4 Å². The first-order valence-electron chi connectivity index (χ1n) is 23.1. The second kappa shape index (κ2) is 21.7. The average molecular weight is 1000 g/mol. The number of rotatable bonds is 21. The maximum Gasteiger partial charge on any atom is 0.232 e. The number of pyridine rings is 2. The summed E-state index contributed by atoms with van der Waals surface area (Å²) >= 11 is 3.72. The summed E-state index contributed by atoms with van der Waals surface area (Å²) in [5.41, 5.74) is 24.1. The van der Waals surface area contributed by atoms with E-state index in [2.05, 4.69) is 85.2 Å². The highest BCUT2D eigenvalue weighted by atomic mass is 32.2. The van der Waals surface area contributed by atoms with Crippen LogP contribution in [0.25, 0.3) is 76.3 Å². The number of aliphatic hydroxyl groups is 2. The molecule has 10 rings (SSSR count). The maximum absolute atomic E-state index is 13.7. The molecule has 19 heteroatoms. The van der Waals surface area contributed by atoms with Crippen LogP contribution in [0.5, 0.6) is 0 Å². The third-order valence-corrected chi connectivity index (χ3v) is 18.3. The van der Waals surface area contributed by atoms with Crippen molar-refractivity contribution in [3.8, 4) is 55.9 Å². The van der Waals surface area contributed by atoms with Gasteiger partial charge in [-0.25, -0.2) is 29.9 Å². The number of benzene rings is 2. The zero-order valence-corrected chi connectivity index (χ0v) is 41.0. The number of nitrogen functional groups attached to an aromatic ring is 2. The monoisotopic (exact) mass is 1000 g/mol. The van der Waals surface area contributed by atoms with Crippen molar-refractivity contribution in [2.75, 3.05) is 74.8 Å². The summed E-state index contributed by atoms with van der Waals surface area (Å²) in [6, 6.07) is 21.1. The summed E-state index contributed by atoms with van der Waals surface area (Å²) in [5.74, 6) is 0.945. The van der Waals surface area contributed by atoms with Gasteiger partial charge in [0.25, 0.3) is 0 Å². The third-order valence-electron chi connectivity index (χ3n) is 12.3. The Balaban J connectivity index is 0.943. The second-order valence-corrected chi connectivity index (χ2v) is 22.4. The Morgan fingerprint density at radius 3 is 1.54 bits per heavy atom. The molecule has 2 saturated carbocycles. The van der Waals surface area contributed by atoms with E-state index in [4.69, 9.17) is 41.1 Å². The van der Waals surface area contributed by atoms with E-state index >= 15 is 0 Å². The number of anilines is 4. The fourth-order valence-corrected chi connectivity index (χ4v) is 14.2. The van der Waals surface area contributed by atoms with Gasteiger partial charge in [-0.15, -0.1) is 23.1 Å². The van der Waals surface area contributed by atoms with Gasteiger partial charge < -0.3 is 46.3 Å². The molecule has 15 nitrogen and oxygen atoms in total. The molecule has 0 saturated heterocycles. The van der Waals surface area contributed by atoms with Gasteiger partial charge in [0.2, 0.25) is 16.1 Å². The molecule has 6 heterocycles. The molecular weight excluding hydrogens is 949 g/mol. The van der Waals surface area contributed by atoms with E-state index in [0.29, 0.717) is 59.0 Å². The fourth-order valence-electron chi connectivity index (χ4n) is 8.16. The molecule has 0 amide bonds.